The standard InChI is InChI=1S/C17H19ClN2O/c1-11-5-7-13(8-6-11)19-16(21)12-9-14(17(2,3)4)20-15(18)10-12/h5-10H,1-4H3,(H,19,21). The number of anilines is 1. The summed E-state index contributed by atoms with van der Waals surface area (Å²) in [5, 5.41) is 3.20. The number of nitrogens with one attached hydrogen (secondary N) is 1. The van der Waals surface area contributed by atoms with Gasteiger partial charge in [0.2, 0.25) is 0 Å². The van der Waals surface area contributed by atoms with Crippen LogP contribution in [0.25, 0.3) is 0 Å². The predicted octanol–water partition coefficient (Wildman–Crippen LogP) is 4.59. The van der Waals surface area contributed by atoms with Crippen LogP contribution in [0.4, 0.5) is 5.69 Å². The van der Waals surface area contributed by atoms with Crippen LogP contribution in [0.2, 0.25) is 5.15 Å². The molecule has 0 radical (unpaired) electrons. The summed E-state index contributed by atoms with van der Waals surface area (Å²) >= 11 is 6.03. The molecular formula is C17H19ClN2O. The molecule has 1 aromatic carbocycles. The van der Waals surface area contributed by atoms with Gasteiger partial charge in [-0.2, -0.15) is 0 Å². The number of aryl methyl sites for hydroxylation is 1. The number of nitrogens with zero attached hydrogens (tertiary/aromatic N) is 1. The van der Waals surface area contributed by atoms with E-state index >= 15 is 0 Å². The molecule has 1 N–H and O–H groups in total. The maximum Gasteiger partial charge on any atom is 0.255 e. The quantitative estimate of drug-likeness (QED) is 0.824. The maximum absolute atomic E-state index is 12.3. The summed E-state index contributed by atoms with van der Waals surface area (Å²) in [5.41, 5.74) is 3.06. The number of amides is 1. The Hall–Kier alpha value is -1.87. The van der Waals surface area contributed by atoms with Gasteiger partial charge >= 0.3 is 0 Å². The summed E-state index contributed by atoms with van der Waals surface area (Å²) in [5.74, 6) is -0.186. The van der Waals surface area contributed by atoms with Crippen LogP contribution >= 0.6 is 11.6 Å². The summed E-state index contributed by atoms with van der Waals surface area (Å²) in [6, 6.07) is 11.0. The monoisotopic (exact) mass is 302 g/mol. The Kier molecular flexibility index (Phi) is 4.33. The van der Waals surface area contributed by atoms with E-state index in [9.17, 15) is 4.79 Å². The van der Waals surface area contributed by atoms with E-state index in [1.807, 2.05) is 52.0 Å². The third-order valence-electron chi connectivity index (χ3n) is 3.13. The van der Waals surface area contributed by atoms with E-state index < -0.39 is 0 Å². The molecule has 1 heterocycles. The molecule has 2 aromatic rings. The highest BCUT2D eigenvalue weighted by Gasteiger charge is 2.19. The van der Waals surface area contributed by atoms with E-state index in [0.717, 1.165) is 16.9 Å². The van der Waals surface area contributed by atoms with Gasteiger partial charge in [-0.15, -0.1) is 0 Å². The lowest BCUT2D eigenvalue weighted by molar-refractivity contribution is 0.102. The van der Waals surface area contributed by atoms with Crippen LogP contribution < -0.4 is 5.32 Å². The van der Waals surface area contributed by atoms with Crippen molar-refractivity contribution in [1.29, 1.82) is 0 Å². The number of rotatable bonds is 2. The van der Waals surface area contributed by atoms with Crippen molar-refractivity contribution in [2.45, 2.75) is 33.1 Å². The summed E-state index contributed by atoms with van der Waals surface area (Å²) in [4.78, 5) is 16.6. The van der Waals surface area contributed by atoms with Crippen LogP contribution in [0.15, 0.2) is 36.4 Å². The van der Waals surface area contributed by atoms with Gasteiger partial charge in [0, 0.05) is 22.4 Å². The van der Waals surface area contributed by atoms with Crippen molar-refractivity contribution in [2.75, 3.05) is 5.32 Å². The van der Waals surface area contributed by atoms with Crippen LogP contribution in [0.1, 0.15) is 42.4 Å². The predicted molar refractivity (Wildman–Crippen MR) is 87.1 cm³/mol. The molecule has 0 unspecified atom stereocenters. The van der Waals surface area contributed by atoms with Crippen LogP contribution in [0.3, 0.4) is 0 Å². The topological polar surface area (TPSA) is 42.0 Å². The Morgan fingerprint density at radius 2 is 1.76 bits per heavy atom. The van der Waals surface area contributed by atoms with E-state index in [4.69, 9.17) is 11.6 Å². The molecule has 0 spiro atoms. The largest absolute Gasteiger partial charge is 0.322 e. The first kappa shape index (κ1) is 15.5. The zero-order valence-corrected chi connectivity index (χ0v) is 13.5. The van der Waals surface area contributed by atoms with Crippen molar-refractivity contribution in [3.05, 3.63) is 58.4 Å². The number of pyridine rings is 1. The normalized spacial score (nSPS) is 11.3. The number of benzene rings is 1. The third-order valence-corrected chi connectivity index (χ3v) is 3.33. The van der Waals surface area contributed by atoms with Crippen molar-refractivity contribution in [1.82, 2.24) is 4.98 Å². The number of carbonyl (C=O) groups excluding carboxylic acids is 1. The van der Waals surface area contributed by atoms with Crippen molar-refractivity contribution in [2.24, 2.45) is 0 Å². The lowest BCUT2D eigenvalue weighted by atomic mass is 9.91. The molecule has 0 aliphatic heterocycles. The summed E-state index contributed by atoms with van der Waals surface area (Å²) in [7, 11) is 0. The van der Waals surface area contributed by atoms with Gasteiger partial charge in [0.05, 0.1) is 0 Å². The first-order valence-corrected chi connectivity index (χ1v) is 7.19. The van der Waals surface area contributed by atoms with Gasteiger partial charge < -0.3 is 5.32 Å². The van der Waals surface area contributed by atoms with E-state index in [2.05, 4.69) is 10.3 Å². The minimum Gasteiger partial charge on any atom is -0.322 e. The van der Waals surface area contributed by atoms with Gasteiger partial charge in [0.15, 0.2) is 0 Å². The van der Waals surface area contributed by atoms with E-state index in [1.165, 1.54) is 0 Å². The molecule has 1 amide bonds. The number of halogens is 1. The second-order valence-corrected chi connectivity index (χ2v) is 6.52. The first-order valence-electron chi connectivity index (χ1n) is 6.82. The summed E-state index contributed by atoms with van der Waals surface area (Å²) < 4.78 is 0. The maximum atomic E-state index is 12.3. The highest BCUT2D eigenvalue weighted by Crippen LogP contribution is 2.24. The van der Waals surface area contributed by atoms with Crippen LogP contribution in [-0.4, -0.2) is 10.9 Å². The van der Waals surface area contributed by atoms with Gasteiger partial charge in [0.1, 0.15) is 5.15 Å². The van der Waals surface area contributed by atoms with Gasteiger partial charge in [-0.3, -0.25) is 4.79 Å². The first-order chi connectivity index (χ1) is 9.75. The molecule has 0 saturated heterocycles. The fourth-order valence-electron chi connectivity index (χ4n) is 1.85. The third kappa shape index (κ3) is 4.05. The van der Waals surface area contributed by atoms with Crippen molar-refractivity contribution in [3.63, 3.8) is 0 Å². The van der Waals surface area contributed by atoms with Crippen LogP contribution in [-0.2, 0) is 5.41 Å². The molecule has 3 nitrogen and oxygen atoms in total. The van der Waals surface area contributed by atoms with E-state index in [1.54, 1.807) is 12.1 Å². The summed E-state index contributed by atoms with van der Waals surface area (Å²) in [6.45, 7) is 8.11. The molecule has 0 fully saturated rings. The average Bonchev–Trinajstić information content (AvgIpc) is 2.39. The zero-order chi connectivity index (χ0) is 15.6. The average molecular weight is 303 g/mol. The minimum atomic E-state index is -0.186. The molecule has 0 aliphatic carbocycles. The number of hydrogen-bond donors (Lipinski definition) is 1. The fraction of sp³-hybridized carbons (Fsp3) is 0.294. The molecule has 1 aromatic heterocycles. The van der Waals surface area contributed by atoms with Gasteiger partial charge in [-0.1, -0.05) is 50.1 Å². The second kappa shape index (κ2) is 5.86. The molecule has 2 rings (SSSR count). The fourth-order valence-corrected chi connectivity index (χ4v) is 2.06. The number of hydrogen-bond acceptors (Lipinski definition) is 2. The van der Waals surface area contributed by atoms with Gasteiger partial charge in [-0.25, -0.2) is 4.98 Å². The van der Waals surface area contributed by atoms with E-state index in [0.29, 0.717) is 10.7 Å². The smallest absolute Gasteiger partial charge is 0.255 e. The van der Waals surface area contributed by atoms with Crippen molar-refractivity contribution in [3.8, 4) is 0 Å². The Balaban J connectivity index is 2.27. The van der Waals surface area contributed by atoms with Crippen LogP contribution in [0.5, 0.6) is 0 Å². The lowest BCUT2D eigenvalue weighted by Crippen LogP contribution is -2.17. The van der Waals surface area contributed by atoms with Gasteiger partial charge in [-0.05, 0) is 31.2 Å². The molecule has 4 heteroatoms. The summed E-state index contributed by atoms with van der Waals surface area (Å²) in [6.07, 6.45) is 0. The van der Waals surface area contributed by atoms with E-state index in [-0.39, 0.29) is 11.3 Å². The highest BCUT2D eigenvalue weighted by molar-refractivity contribution is 6.29. The van der Waals surface area contributed by atoms with Crippen molar-refractivity contribution < 1.29 is 4.79 Å². The Bertz CT molecular complexity index is 657. The van der Waals surface area contributed by atoms with Crippen LogP contribution in [0, 0.1) is 6.92 Å². The Morgan fingerprint density at radius 1 is 1.14 bits per heavy atom. The molecule has 0 bridgehead atoms. The molecule has 0 saturated carbocycles. The van der Waals surface area contributed by atoms with Gasteiger partial charge in [0.25, 0.3) is 5.91 Å². The van der Waals surface area contributed by atoms with Crippen molar-refractivity contribution >= 4 is 23.2 Å². The Labute approximate surface area is 130 Å². The molecule has 0 aliphatic rings. The molecule has 110 valence electrons. The zero-order valence-electron chi connectivity index (χ0n) is 12.7. The SMILES string of the molecule is Cc1ccc(NC(=O)c2cc(Cl)nc(C(C)(C)C)c2)cc1. The molecule has 0 atom stereocenters. The molecule has 21 heavy (non-hydrogen) atoms. The Morgan fingerprint density at radius 3 is 2.33 bits per heavy atom. The minimum absolute atomic E-state index is 0.163. The number of carbonyl (C=O) groups is 1. The number of aromatic nitrogens is 1. The lowest BCUT2D eigenvalue weighted by Gasteiger charge is -2.18. The highest BCUT2D eigenvalue weighted by atomic mass is 35.5. The molecular weight excluding hydrogens is 284 g/mol. The second-order valence-electron chi connectivity index (χ2n) is 6.13.